The maximum Gasteiger partial charge on any atom is 0.291 e. The van der Waals surface area contributed by atoms with Crippen molar-refractivity contribution in [2.24, 2.45) is 0 Å². The second-order valence-electron chi connectivity index (χ2n) is 7.46. The lowest BCUT2D eigenvalue weighted by atomic mass is 10.0. The fraction of sp³-hybridized carbons (Fsp3) is 0.304. The quantitative estimate of drug-likeness (QED) is 0.660. The average Bonchev–Trinajstić information content (AvgIpc) is 3.24. The predicted molar refractivity (Wildman–Crippen MR) is 120 cm³/mol. The average molecular weight is 435 g/mol. The molecule has 1 amide bonds. The zero-order valence-electron chi connectivity index (χ0n) is 17.3. The minimum atomic E-state index is -0.266. The summed E-state index contributed by atoms with van der Waals surface area (Å²) in [6, 6.07) is 17.2. The van der Waals surface area contributed by atoms with Crippen molar-refractivity contribution in [2.75, 3.05) is 18.0 Å². The van der Waals surface area contributed by atoms with Crippen LogP contribution in [0.15, 0.2) is 48.5 Å². The number of hydrogen-bond acceptors (Lipinski definition) is 5. The molecular weight excluding hydrogens is 412 g/mol. The van der Waals surface area contributed by atoms with Crippen molar-refractivity contribution in [1.29, 1.82) is 5.26 Å². The van der Waals surface area contributed by atoms with Crippen molar-refractivity contribution < 1.29 is 4.79 Å². The highest BCUT2D eigenvalue weighted by Gasteiger charge is 2.24. The summed E-state index contributed by atoms with van der Waals surface area (Å²) >= 11 is 6.30. The van der Waals surface area contributed by atoms with Crippen molar-refractivity contribution in [3.8, 4) is 11.8 Å². The Morgan fingerprint density at radius 1 is 1.19 bits per heavy atom. The van der Waals surface area contributed by atoms with Gasteiger partial charge in [0.15, 0.2) is 0 Å². The molecule has 1 aromatic heterocycles. The molecule has 158 valence electrons. The van der Waals surface area contributed by atoms with Gasteiger partial charge in [0.1, 0.15) is 5.82 Å². The minimum absolute atomic E-state index is 0.0690. The third kappa shape index (κ3) is 4.54. The van der Waals surface area contributed by atoms with Crippen LogP contribution in [0.5, 0.6) is 0 Å². The SMILES string of the molecule is CCc1nc(C(=O)NC2CCN(c3ccc(C#N)cc3)CC2)nn1-c1ccccc1Cl. The number of benzene rings is 2. The van der Waals surface area contributed by atoms with E-state index in [4.69, 9.17) is 16.9 Å². The number of para-hydroxylation sites is 1. The van der Waals surface area contributed by atoms with Crippen LogP contribution < -0.4 is 10.2 Å². The van der Waals surface area contributed by atoms with Gasteiger partial charge in [0.2, 0.25) is 5.82 Å². The van der Waals surface area contributed by atoms with Crippen LogP contribution in [0.4, 0.5) is 5.69 Å². The normalized spacial score (nSPS) is 14.3. The molecule has 7 nitrogen and oxygen atoms in total. The van der Waals surface area contributed by atoms with Gasteiger partial charge in [-0.3, -0.25) is 4.79 Å². The fourth-order valence-corrected chi connectivity index (χ4v) is 3.98. The predicted octanol–water partition coefficient (Wildman–Crippen LogP) is 3.75. The Morgan fingerprint density at radius 3 is 2.55 bits per heavy atom. The van der Waals surface area contributed by atoms with Crippen LogP contribution in [0.25, 0.3) is 5.69 Å². The van der Waals surface area contributed by atoms with E-state index in [9.17, 15) is 4.79 Å². The zero-order chi connectivity index (χ0) is 21.8. The summed E-state index contributed by atoms with van der Waals surface area (Å²) in [5.41, 5.74) is 2.46. The van der Waals surface area contributed by atoms with Crippen molar-refractivity contribution in [3.05, 3.63) is 70.8 Å². The summed E-state index contributed by atoms with van der Waals surface area (Å²) in [5, 5.41) is 17.0. The Balaban J connectivity index is 1.40. The number of rotatable bonds is 5. The molecule has 0 spiro atoms. The Kier molecular flexibility index (Phi) is 6.19. The molecule has 3 aromatic rings. The summed E-state index contributed by atoms with van der Waals surface area (Å²) in [6.07, 6.45) is 2.30. The van der Waals surface area contributed by atoms with Crippen molar-refractivity contribution in [3.63, 3.8) is 0 Å². The minimum Gasteiger partial charge on any atom is -0.371 e. The van der Waals surface area contributed by atoms with E-state index < -0.39 is 0 Å². The molecule has 0 bridgehead atoms. The van der Waals surface area contributed by atoms with Gasteiger partial charge in [-0.25, -0.2) is 9.67 Å². The van der Waals surface area contributed by atoms with Crippen LogP contribution in [0.1, 0.15) is 41.8 Å². The molecule has 0 aliphatic carbocycles. The molecule has 4 rings (SSSR count). The number of piperidine rings is 1. The van der Waals surface area contributed by atoms with Crippen molar-refractivity contribution in [2.45, 2.75) is 32.2 Å². The van der Waals surface area contributed by atoms with Gasteiger partial charge >= 0.3 is 0 Å². The Labute approximate surface area is 186 Å². The van der Waals surface area contributed by atoms with Gasteiger partial charge < -0.3 is 10.2 Å². The molecule has 1 fully saturated rings. The van der Waals surface area contributed by atoms with E-state index in [1.54, 1.807) is 10.7 Å². The van der Waals surface area contributed by atoms with E-state index in [0.717, 1.165) is 31.6 Å². The monoisotopic (exact) mass is 434 g/mol. The topological polar surface area (TPSA) is 86.8 Å². The highest BCUT2D eigenvalue weighted by molar-refractivity contribution is 6.32. The van der Waals surface area contributed by atoms with Crippen molar-refractivity contribution >= 4 is 23.2 Å². The molecule has 2 heterocycles. The van der Waals surface area contributed by atoms with E-state index in [1.807, 2.05) is 49.4 Å². The molecule has 0 saturated carbocycles. The van der Waals surface area contributed by atoms with Gasteiger partial charge in [0.05, 0.1) is 22.3 Å². The summed E-state index contributed by atoms with van der Waals surface area (Å²) in [7, 11) is 0. The Bertz CT molecular complexity index is 1110. The number of aromatic nitrogens is 3. The molecule has 1 saturated heterocycles. The number of anilines is 1. The standard InChI is InChI=1S/C23H23ClN6O/c1-2-21-27-22(28-30(21)20-6-4-3-5-19(20)24)23(31)26-17-11-13-29(14-12-17)18-9-7-16(15-25)8-10-18/h3-10,17H,2,11-14H2,1H3,(H,26,31). The summed E-state index contributed by atoms with van der Waals surface area (Å²) < 4.78 is 1.64. The zero-order valence-corrected chi connectivity index (χ0v) is 18.0. The number of hydrogen-bond donors (Lipinski definition) is 1. The third-order valence-corrected chi connectivity index (χ3v) is 5.79. The molecule has 0 radical (unpaired) electrons. The Hall–Kier alpha value is -3.37. The Morgan fingerprint density at radius 2 is 1.90 bits per heavy atom. The molecule has 2 aromatic carbocycles. The van der Waals surface area contributed by atoms with Gasteiger partial charge in [0, 0.05) is 31.2 Å². The lowest BCUT2D eigenvalue weighted by molar-refractivity contribution is 0.0920. The summed E-state index contributed by atoms with van der Waals surface area (Å²) in [6.45, 7) is 3.63. The van der Waals surface area contributed by atoms with Gasteiger partial charge in [0.25, 0.3) is 5.91 Å². The number of aryl methyl sites for hydroxylation is 1. The molecule has 31 heavy (non-hydrogen) atoms. The lowest BCUT2D eigenvalue weighted by Gasteiger charge is -2.33. The summed E-state index contributed by atoms with van der Waals surface area (Å²) in [4.78, 5) is 19.5. The molecule has 1 aliphatic heterocycles. The van der Waals surface area contributed by atoms with E-state index >= 15 is 0 Å². The van der Waals surface area contributed by atoms with Crippen LogP contribution in [0.3, 0.4) is 0 Å². The van der Waals surface area contributed by atoms with Crippen LogP contribution in [-0.2, 0) is 6.42 Å². The molecule has 0 atom stereocenters. The van der Waals surface area contributed by atoms with Crippen LogP contribution >= 0.6 is 11.6 Å². The maximum absolute atomic E-state index is 12.8. The van der Waals surface area contributed by atoms with Gasteiger partial charge in [-0.2, -0.15) is 5.26 Å². The molecular formula is C23H23ClN6O. The second-order valence-corrected chi connectivity index (χ2v) is 7.87. The van der Waals surface area contributed by atoms with E-state index in [2.05, 4.69) is 26.4 Å². The number of nitrogens with one attached hydrogen (secondary N) is 1. The summed E-state index contributed by atoms with van der Waals surface area (Å²) in [5.74, 6) is 0.581. The lowest BCUT2D eigenvalue weighted by Crippen LogP contribution is -2.45. The molecule has 0 unspecified atom stereocenters. The molecule has 8 heteroatoms. The largest absolute Gasteiger partial charge is 0.371 e. The first-order valence-corrected chi connectivity index (χ1v) is 10.7. The highest BCUT2D eigenvalue weighted by Crippen LogP contribution is 2.22. The van der Waals surface area contributed by atoms with Gasteiger partial charge in [-0.05, 0) is 49.2 Å². The number of nitrogens with zero attached hydrogens (tertiary/aromatic N) is 5. The smallest absolute Gasteiger partial charge is 0.291 e. The maximum atomic E-state index is 12.8. The molecule has 1 N–H and O–H groups in total. The van der Waals surface area contributed by atoms with E-state index in [0.29, 0.717) is 28.5 Å². The van der Waals surface area contributed by atoms with E-state index in [-0.39, 0.29) is 17.8 Å². The first kappa shape index (κ1) is 20.9. The fourth-order valence-electron chi connectivity index (χ4n) is 3.76. The number of carbonyl (C=O) groups is 1. The van der Waals surface area contributed by atoms with Crippen LogP contribution in [-0.4, -0.2) is 39.8 Å². The van der Waals surface area contributed by atoms with E-state index in [1.165, 1.54) is 0 Å². The third-order valence-electron chi connectivity index (χ3n) is 5.47. The highest BCUT2D eigenvalue weighted by atomic mass is 35.5. The number of nitriles is 1. The van der Waals surface area contributed by atoms with Crippen LogP contribution in [0.2, 0.25) is 5.02 Å². The number of halogens is 1. The second kappa shape index (κ2) is 9.19. The number of amides is 1. The molecule has 1 aliphatic rings. The van der Waals surface area contributed by atoms with Gasteiger partial charge in [-0.1, -0.05) is 30.7 Å². The van der Waals surface area contributed by atoms with Gasteiger partial charge in [-0.15, -0.1) is 5.10 Å². The first-order valence-electron chi connectivity index (χ1n) is 10.4. The first-order chi connectivity index (χ1) is 15.1. The van der Waals surface area contributed by atoms with Crippen LogP contribution in [0, 0.1) is 11.3 Å². The number of carbonyl (C=O) groups excluding carboxylic acids is 1. The van der Waals surface area contributed by atoms with Crippen molar-refractivity contribution in [1.82, 2.24) is 20.1 Å².